The molecule has 0 unspecified atom stereocenters. The minimum Gasteiger partial charge on any atom is -0.312 e. The molecule has 0 aromatic carbocycles. The second-order valence-corrected chi connectivity index (χ2v) is 7.48. The highest BCUT2D eigenvalue weighted by molar-refractivity contribution is 7.94. The molecule has 0 atom stereocenters. The lowest BCUT2D eigenvalue weighted by atomic mass is 10.4. The Morgan fingerprint density at radius 3 is 2.85 bits per heavy atom. The second kappa shape index (κ2) is 6.38. The summed E-state index contributed by atoms with van der Waals surface area (Å²) >= 11 is 1.28. The van der Waals surface area contributed by atoms with Gasteiger partial charge in [-0.1, -0.05) is 6.92 Å². The first-order valence-electron chi connectivity index (χ1n) is 6.32. The Kier molecular flexibility index (Phi) is 4.79. The molecule has 0 aliphatic carbocycles. The van der Waals surface area contributed by atoms with E-state index in [-0.39, 0.29) is 0 Å². The summed E-state index contributed by atoms with van der Waals surface area (Å²) in [6, 6.07) is 3.47. The average Bonchev–Trinajstić information content (AvgIpc) is 2.99. The topological polar surface area (TPSA) is 76.0 Å². The minimum absolute atomic E-state index is 0.314. The summed E-state index contributed by atoms with van der Waals surface area (Å²) in [5, 5.41) is 7.18. The van der Waals surface area contributed by atoms with Crippen molar-refractivity contribution in [2.24, 2.45) is 7.05 Å². The molecule has 0 aliphatic heterocycles. The fourth-order valence-corrected chi connectivity index (χ4v) is 4.02. The summed E-state index contributed by atoms with van der Waals surface area (Å²) in [4.78, 5) is 1.00. The Morgan fingerprint density at radius 1 is 1.40 bits per heavy atom. The lowest BCUT2D eigenvalue weighted by molar-refractivity contribution is 0.603. The van der Waals surface area contributed by atoms with Crippen molar-refractivity contribution in [3.8, 4) is 0 Å². The number of hydrogen-bond donors (Lipinski definition) is 2. The standard InChI is InChI=1S/C12H18N4O2S2/c1-3-6-13-8-11-4-5-12(19-11)20(17,18)15-10-7-14-16(2)9-10/h4-5,7,9,13,15H,3,6,8H2,1-2H3. The van der Waals surface area contributed by atoms with Gasteiger partial charge in [0.2, 0.25) is 0 Å². The first-order chi connectivity index (χ1) is 9.51. The molecule has 110 valence electrons. The first-order valence-corrected chi connectivity index (χ1v) is 8.62. The third-order valence-electron chi connectivity index (χ3n) is 2.58. The van der Waals surface area contributed by atoms with Crippen LogP contribution in [0, 0.1) is 0 Å². The van der Waals surface area contributed by atoms with Gasteiger partial charge in [0.05, 0.1) is 11.9 Å². The number of sulfonamides is 1. The van der Waals surface area contributed by atoms with E-state index < -0.39 is 10.0 Å². The summed E-state index contributed by atoms with van der Waals surface area (Å²) in [6.07, 6.45) is 4.16. The molecule has 2 N–H and O–H groups in total. The van der Waals surface area contributed by atoms with E-state index in [1.165, 1.54) is 17.5 Å². The molecule has 0 spiro atoms. The van der Waals surface area contributed by atoms with E-state index in [4.69, 9.17) is 0 Å². The van der Waals surface area contributed by atoms with Crippen LogP contribution in [0.15, 0.2) is 28.7 Å². The van der Waals surface area contributed by atoms with Crippen molar-refractivity contribution >= 4 is 27.0 Å². The maximum atomic E-state index is 12.2. The minimum atomic E-state index is -3.52. The van der Waals surface area contributed by atoms with E-state index in [9.17, 15) is 8.42 Å². The lowest BCUT2D eigenvalue weighted by Crippen LogP contribution is -2.12. The molecule has 0 bridgehead atoms. The fraction of sp³-hybridized carbons (Fsp3) is 0.417. The number of hydrogen-bond acceptors (Lipinski definition) is 5. The smallest absolute Gasteiger partial charge is 0.271 e. The van der Waals surface area contributed by atoms with E-state index in [1.54, 1.807) is 24.0 Å². The zero-order valence-corrected chi connectivity index (χ0v) is 13.1. The Bertz CT molecular complexity index is 661. The molecule has 6 nitrogen and oxygen atoms in total. The van der Waals surface area contributed by atoms with Crippen molar-refractivity contribution in [2.45, 2.75) is 24.1 Å². The normalized spacial score (nSPS) is 11.7. The van der Waals surface area contributed by atoms with Gasteiger partial charge in [-0.25, -0.2) is 8.42 Å². The summed E-state index contributed by atoms with van der Waals surface area (Å²) in [6.45, 7) is 3.71. The Hall–Kier alpha value is -1.38. The van der Waals surface area contributed by atoms with Crippen LogP contribution in [0.4, 0.5) is 5.69 Å². The van der Waals surface area contributed by atoms with Crippen molar-refractivity contribution in [3.05, 3.63) is 29.4 Å². The molecular formula is C12H18N4O2S2. The van der Waals surface area contributed by atoms with Crippen molar-refractivity contribution in [1.29, 1.82) is 0 Å². The van der Waals surface area contributed by atoms with Crippen LogP contribution in [0.1, 0.15) is 18.2 Å². The zero-order chi connectivity index (χ0) is 14.6. The van der Waals surface area contributed by atoms with Gasteiger partial charge < -0.3 is 5.32 Å². The number of nitrogens with zero attached hydrogens (tertiary/aromatic N) is 2. The molecule has 20 heavy (non-hydrogen) atoms. The predicted molar refractivity (Wildman–Crippen MR) is 80.3 cm³/mol. The van der Waals surface area contributed by atoms with Crippen molar-refractivity contribution in [2.75, 3.05) is 11.3 Å². The fourth-order valence-electron chi connectivity index (χ4n) is 1.67. The van der Waals surface area contributed by atoms with Gasteiger partial charge >= 0.3 is 0 Å². The summed E-state index contributed by atoms with van der Waals surface area (Å²) < 4.78 is 28.8. The highest BCUT2D eigenvalue weighted by Gasteiger charge is 2.17. The molecule has 2 heterocycles. The zero-order valence-electron chi connectivity index (χ0n) is 11.5. The monoisotopic (exact) mass is 314 g/mol. The van der Waals surface area contributed by atoms with Crippen molar-refractivity contribution in [3.63, 3.8) is 0 Å². The number of aromatic nitrogens is 2. The van der Waals surface area contributed by atoms with Gasteiger partial charge in [-0.15, -0.1) is 11.3 Å². The van der Waals surface area contributed by atoms with Crippen LogP contribution in [0.3, 0.4) is 0 Å². The predicted octanol–water partition coefficient (Wildman–Crippen LogP) is 1.78. The highest BCUT2D eigenvalue weighted by atomic mass is 32.2. The van der Waals surface area contributed by atoms with Gasteiger partial charge in [0.15, 0.2) is 0 Å². The molecule has 0 saturated heterocycles. The maximum Gasteiger partial charge on any atom is 0.271 e. The van der Waals surface area contributed by atoms with E-state index in [1.807, 2.05) is 6.07 Å². The van der Waals surface area contributed by atoms with Crippen LogP contribution in [-0.4, -0.2) is 24.7 Å². The van der Waals surface area contributed by atoms with Crippen molar-refractivity contribution in [1.82, 2.24) is 15.1 Å². The summed E-state index contributed by atoms with van der Waals surface area (Å²) in [7, 11) is -1.79. The molecule has 0 saturated carbocycles. The van der Waals surface area contributed by atoms with E-state index in [2.05, 4.69) is 22.1 Å². The molecule has 2 rings (SSSR count). The largest absolute Gasteiger partial charge is 0.312 e. The maximum absolute atomic E-state index is 12.2. The van der Waals surface area contributed by atoms with Gasteiger partial charge in [-0.3, -0.25) is 9.40 Å². The summed E-state index contributed by atoms with van der Waals surface area (Å²) in [5.74, 6) is 0. The van der Waals surface area contributed by atoms with Crippen LogP contribution >= 0.6 is 11.3 Å². The van der Waals surface area contributed by atoms with Gasteiger partial charge in [0.1, 0.15) is 4.21 Å². The van der Waals surface area contributed by atoms with E-state index in [0.717, 1.165) is 17.8 Å². The van der Waals surface area contributed by atoms with Crippen molar-refractivity contribution < 1.29 is 8.42 Å². The molecule has 8 heteroatoms. The molecular weight excluding hydrogens is 296 g/mol. The lowest BCUT2D eigenvalue weighted by Gasteiger charge is -2.02. The van der Waals surface area contributed by atoms with Gasteiger partial charge in [0.25, 0.3) is 10.0 Å². The van der Waals surface area contributed by atoms with Gasteiger partial charge in [0, 0.05) is 24.7 Å². The van der Waals surface area contributed by atoms with E-state index in [0.29, 0.717) is 16.4 Å². The number of nitrogens with one attached hydrogen (secondary N) is 2. The van der Waals surface area contributed by atoms with Crippen LogP contribution in [-0.2, 0) is 23.6 Å². The van der Waals surface area contributed by atoms with Crippen LogP contribution < -0.4 is 10.0 Å². The molecule has 0 radical (unpaired) electrons. The number of thiophene rings is 1. The number of rotatable bonds is 7. The molecule has 0 fully saturated rings. The quantitative estimate of drug-likeness (QED) is 0.764. The highest BCUT2D eigenvalue weighted by Crippen LogP contribution is 2.23. The molecule has 2 aromatic rings. The SMILES string of the molecule is CCCNCc1ccc(S(=O)(=O)Nc2cnn(C)c2)s1. The second-order valence-electron chi connectivity index (χ2n) is 4.41. The Balaban J connectivity index is 2.06. The van der Waals surface area contributed by atoms with Gasteiger partial charge in [-0.05, 0) is 25.1 Å². The van der Waals surface area contributed by atoms with Crippen LogP contribution in [0.25, 0.3) is 0 Å². The average molecular weight is 314 g/mol. The number of anilines is 1. The van der Waals surface area contributed by atoms with Gasteiger partial charge in [-0.2, -0.15) is 5.10 Å². The number of aryl methyl sites for hydroxylation is 1. The first kappa shape index (κ1) is 15.0. The Labute approximate surface area is 122 Å². The van der Waals surface area contributed by atoms with Crippen LogP contribution in [0.5, 0.6) is 0 Å². The van der Waals surface area contributed by atoms with E-state index >= 15 is 0 Å². The van der Waals surface area contributed by atoms with Crippen LogP contribution in [0.2, 0.25) is 0 Å². The molecule has 0 aliphatic rings. The molecule has 2 aromatic heterocycles. The third-order valence-corrected chi connectivity index (χ3v) is 5.54. The Morgan fingerprint density at radius 2 is 2.20 bits per heavy atom. The molecule has 0 amide bonds. The third kappa shape index (κ3) is 3.81. The summed E-state index contributed by atoms with van der Waals surface area (Å²) in [5.41, 5.74) is 0.464.